The minimum absolute atomic E-state index is 0.000923. The third-order valence-corrected chi connectivity index (χ3v) is 3.25. The molecule has 0 saturated heterocycles. The average Bonchev–Trinajstić information content (AvgIpc) is 2.95. The van der Waals surface area contributed by atoms with Gasteiger partial charge in [-0.25, -0.2) is 4.98 Å². The highest BCUT2D eigenvalue weighted by Gasteiger charge is 2.17. The van der Waals surface area contributed by atoms with E-state index in [0.717, 1.165) is 5.56 Å². The summed E-state index contributed by atoms with van der Waals surface area (Å²) in [7, 11) is 0. The van der Waals surface area contributed by atoms with Gasteiger partial charge in [0.15, 0.2) is 5.78 Å². The number of aromatic nitrogens is 3. The monoisotopic (exact) mass is 287 g/mol. The first-order valence-electron chi connectivity index (χ1n) is 6.76. The fourth-order valence-corrected chi connectivity index (χ4v) is 2.16. The predicted octanol–water partition coefficient (Wildman–Crippen LogP) is 2.13. The van der Waals surface area contributed by atoms with Gasteiger partial charge in [0.2, 0.25) is 0 Å². The third kappa shape index (κ3) is 3.98. The quantitative estimate of drug-likeness (QED) is 0.788. The van der Waals surface area contributed by atoms with Crippen molar-refractivity contribution in [3.63, 3.8) is 0 Å². The summed E-state index contributed by atoms with van der Waals surface area (Å²) in [4.78, 5) is 30.7. The van der Waals surface area contributed by atoms with Crippen molar-refractivity contribution < 1.29 is 14.7 Å². The first-order valence-corrected chi connectivity index (χ1v) is 6.76. The zero-order valence-electron chi connectivity index (χ0n) is 11.8. The van der Waals surface area contributed by atoms with Crippen molar-refractivity contribution >= 4 is 11.8 Å². The number of aliphatic carboxylic acids is 1. The Morgan fingerprint density at radius 2 is 2.24 bits per heavy atom. The molecule has 6 heteroatoms. The molecule has 1 N–H and O–H groups in total. The number of carboxylic acid groups (broad SMARTS) is 1. The molecule has 2 rings (SSSR count). The van der Waals surface area contributed by atoms with Crippen LogP contribution < -0.4 is 0 Å². The van der Waals surface area contributed by atoms with Crippen LogP contribution in [-0.4, -0.2) is 31.4 Å². The van der Waals surface area contributed by atoms with E-state index in [0.29, 0.717) is 18.7 Å². The summed E-state index contributed by atoms with van der Waals surface area (Å²) in [6.45, 7) is 2.23. The van der Waals surface area contributed by atoms with E-state index in [1.807, 2.05) is 6.07 Å². The Balaban J connectivity index is 2.17. The second-order valence-corrected chi connectivity index (χ2v) is 4.81. The number of rotatable bonds is 7. The van der Waals surface area contributed by atoms with Crippen LogP contribution in [0.5, 0.6) is 0 Å². The smallest absolute Gasteiger partial charge is 0.304 e. The molecule has 110 valence electrons. The summed E-state index contributed by atoms with van der Waals surface area (Å²) < 4.78 is 1.75. The Bertz CT molecular complexity index is 622. The lowest BCUT2D eigenvalue weighted by atomic mass is 9.97. The molecule has 2 heterocycles. The van der Waals surface area contributed by atoms with Crippen LogP contribution >= 0.6 is 0 Å². The van der Waals surface area contributed by atoms with Crippen molar-refractivity contribution in [3.8, 4) is 0 Å². The van der Waals surface area contributed by atoms with E-state index >= 15 is 0 Å². The molecule has 0 aliphatic heterocycles. The average molecular weight is 287 g/mol. The molecule has 6 nitrogen and oxygen atoms in total. The van der Waals surface area contributed by atoms with Crippen LogP contribution in [0.4, 0.5) is 0 Å². The van der Waals surface area contributed by atoms with Gasteiger partial charge in [-0.1, -0.05) is 13.0 Å². The van der Waals surface area contributed by atoms with E-state index < -0.39 is 5.97 Å². The van der Waals surface area contributed by atoms with Crippen LogP contribution in [-0.2, 0) is 11.3 Å². The van der Waals surface area contributed by atoms with Crippen molar-refractivity contribution in [1.29, 1.82) is 0 Å². The first kappa shape index (κ1) is 14.9. The Morgan fingerprint density at radius 3 is 2.86 bits per heavy atom. The fraction of sp³-hybridized carbons (Fsp3) is 0.333. The van der Waals surface area contributed by atoms with E-state index in [-0.39, 0.29) is 18.1 Å². The molecule has 0 amide bonds. The van der Waals surface area contributed by atoms with Crippen LogP contribution in [0.25, 0.3) is 0 Å². The lowest BCUT2D eigenvalue weighted by molar-refractivity contribution is -0.137. The Kier molecular flexibility index (Phi) is 4.81. The SMILES string of the molecule is CCC(=O)c1cn(CC(CC(=O)O)c2cccnc2)cn1. The normalized spacial score (nSPS) is 12.0. The van der Waals surface area contributed by atoms with Gasteiger partial charge in [-0.2, -0.15) is 0 Å². The standard InChI is InChI=1S/C15H17N3O3/c1-2-14(19)13-9-18(10-17-13)8-12(6-15(20)21)11-4-3-5-16-7-11/h3-5,7,9-10,12H,2,6,8H2,1H3,(H,20,21). The molecule has 0 radical (unpaired) electrons. The molecular weight excluding hydrogens is 270 g/mol. The molecule has 0 aromatic carbocycles. The topological polar surface area (TPSA) is 85.1 Å². The predicted molar refractivity (Wildman–Crippen MR) is 76.1 cm³/mol. The number of imidazole rings is 1. The van der Waals surface area contributed by atoms with E-state index in [1.54, 1.807) is 42.5 Å². The number of Topliss-reactive ketones (excluding diaryl/α,β-unsaturated/α-hetero) is 1. The van der Waals surface area contributed by atoms with Gasteiger partial charge in [-0.15, -0.1) is 0 Å². The van der Waals surface area contributed by atoms with Crippen molar-refractivity contribution in [2.75, 3.05) is 0 Å². The molecule has 0 aliphatic rings. The van der Waals surface area contributed by atoms with Crippen LogP contribution in [0.1, 0.15) is 41.7 Å². The van der Waals surface area contributed by atoms with Crippen LogP contribution in [0.15, 0.2) is 37.1 Å². The largest absolute Gasteiger partial charge is 0.481 e. The number of hydrogen-bond donors (Lipinski definition) is 1. The molecule has 0 bridgehead atoms. The summed E-state index contributed by atoms with van der Waals surface area (Å²) in [5.74, 6) is -1.10. The van der Waals surface area contributed by atoms with Gasteiger partial charge < -0.3 is 9.67 Å². The molecule has 1 atom stereocenters. The van der Waals surface area contributed by atoms with Crippen molar-refractivity contribution in [1.82, 2.24) is 14.5 Å². The third-order valence-electron chi connectivity index (χ3n) is 3.25. The lowest BCUT2D eigenvalue weighted by Gasteiger charge is -2.15. The van der Waals surface area contributed by atoms with Crippen LogP contribution in [0, 0.1) is 0 Å². The number of carbonyl (C=O) groups excluding carboxylic acids is 1. The molecule has 0 saturated carbocycles. The number of carbonyl (C=O) groups is 2. The number of carboxylic acids is 1. The Labute approximate surface area is 122 Å². The van der Waals surface area contributed by atoms with Gasteiger partial charge in [0.1, 0.15) is 5.69 Å². The zero-order chi connectivity index (χ0) is 15.2. The van der Waals surface area contributed by atoms with Gasteiger partial charge in [-0.3, -0.25) is 14.6 Å². The minimum atomic E-state index is -0.867. The van der Waals surface area contributed by atoms with Gasteiger partial charge >= 0.3 is 5.97 Å². The van der Waals surface area contributed by atoms with E-state index in [9.17, 15) is 9.59 Å². The van der Waals surface area contributed by atoms with Crippen molar-refractivity contribution in [2.24, 2.45) is 0 Å². The van der Waals surface area contributed by atoms with E-state index in [2.05, 4.69) is 9.97 Å². The highest BCUT2D eigenvalue weighted by atomic mass is 16.4. The molecule has 21 heavy (non-hydrogen) atoms. The second kappa shape index (κ2) is 6.78. The molecule has 2 aromatic rings. The van der Waals surface area contributed by atoms with Gasteiger partial charge in [0.05, 0.1) is 12.7 Å². The molecule has 2 aromatic heterocycles. The Hall–Kier alpha value is -2.50. The van der Waals surface area contributed by atoms with Gasteiger partial charge in [0.25, 0.3) is 0 Å². The maximum atomic E-state index is 11.6. The molecular formula is C15H17N3O3. The van der Waals surface area contributed by atoms with E-state index in [4.69, 9.17) is 5.11 Å². The highest BCUT2D eigenvalue weighted by molar-refractivity contribution is 5.93. The number of nitrogens with zero attached hydrogens (tertiary/aromatic N) is 3. The lowest BCUT2D eigenvalue weighted by Crippen LogP contribution is -2.13. The fourth-order valence-electron chi connectivity index (χ4n) is 2.16. The van der Waals surface area contributed by atoms with Crippen LogP contribution in [0.3, 0.4) is 0 Å². The summed E-state index contributed by atoms with van der Waals surface area (Å²) >= 11 is 0. The molecule has 0 fully saturated rings. The maximum Gasteiger partial charge on any atom is 0.304 e. The maximum absolute atomic E-state index is 11.6. The summed E-state index contributed by atoms with van der Waals surface area (Å²) in [5.41, 5.74) is 1.27. The number of pyridine rings is 1. The molecule has 0 spiro atoms. The second-order valence-electron chi connectivity index (χ2n) is 4.81. The van der Waals surface area contributed by atoms with Gasteiger partial charge in [0, 0.05) is 37.5 Å². The number of ketones is 1. The summed E-state index contributed by atoms with van der Waals surface area (Å²) in [6, 6.07) is 3.64. The zero-order valence-corrected chi connectivity index (χ0v) is 11.8. The molecule has 0 aliphatic carbocycles. The molecule has 1 unspecified atom stereocenters. The van der Waals surface area contributed by atoms with Crippen molar-refractivity contribution in [2.45, 2.75) is 32.2 Å². The first-order chi connectivity index (χ1) is 10.1. The highest BCUT2D eigenvalue weighted by Crippen LogP contribution is 2.21. The van der Waals surface area contributed by atoms with E-state index in [1.165, 1.54) is 0 Å². The summed E-state index contributed by atoms with van der Waals surface area (Å²) in [6.07, 6.45) is 6.95. The minimum Gasteiger partial charge on any atom is -0.481 e. The van der Waals surface area contributed by atoms with Gasteiger partial charge in [-0.05, 0) is 11.6 Å². The van der Waals surface area contributed by atoms with Crippen LogP contribution in [0.2, 0.25) is 0 Å². The summed E-state index contributed by atoms with van der Waals surface area (Å²) in [5, 5.41) is 9.06. The van der Waals surface area contributed by atoms with Crippen molar-refractivity contribution in [3.05, 3.63) is 48.3 Å². The Morgan fingerprint density at radius 1 is 1.43 bits per heavy atom. The number of hydrogen-bond acceptors (Lipinski definition) is 4.